The monoisotopic (exact) mass is 286 g/mol. The molecule has 2 unspecified atom stereocenters. The molecule has 0 aromatic heterocycles. The van der Waals surface area contributed by atoms with Crippen molar-refractivity contribution in [2.75, 3.05) is 0 Å². The number of hydrogen-bond acceptors (Lipinski definition) is 3. The van der Waals surface area contributed by atoms with Crippen LogP contribution in [0, 0.1) is 10.8 Å². The van der Waals surface area contributed by atoms with E-state index in [-0.39, 0.29) is 41.7 Å². The summed E-state index contributed by atoms with van der Waals surface area (Å²) in [5, 5.41) is 11.7. The molecule has 118 valence electrons. The molecule has 0 spiro atoms. The highest BCUT2D eigenvalue weighted by molar-refractivity contribution is 5.78. The lowest BCUT2D eigenvalue weighted by molar-refractivity contribution is -0.138. The molecule has 0 aliphatic carbocycles. The molecule has 20 heavy (non-hydrogen) atoms. The number of hydrogen-bond donors (Lipinski definition) is 3. The quantitative estimate of drug-likeness (QED) is 0.697. The summed E-state index contributed by atoms with van der Waals surface area (Å²) in [4.78, 5) is 22.9. The van der Waals surface area contributed by atoms with E-state index in [1.54, 1.807) is 0 Å². The summed E-state index contributed by atoms with van der Waals surface area (Å²) >= 11 is 0. The van der Waals surface area contributed by atoms with E-state index < -0.39 is 5.97 Å². The van der Waals surface area contributed by atoms with E-state index in [2.05, 4.69) is 5.32 Å². The van der Waals surface area contributed by atoms with Gasteiger partial charge < -0.3 is 16.2 Å². The lowest BCUT2D eigenvalue weighted by atomic mass is 9.84. The Kier molecular flexibility index (Phi) is 6.68. The number of amides is 1. The van der Waals surface area contributed by atoms with E-state index in [1.165, 1.54) is 0 Å². The highest BCUT2D eigenvalue weighted by atomic mass is 16.4. The number of carbonyl (C=O) groups is 2. The van der Waals surface area contributed by atoms with E-state index in [4.69, 9.17) is 10.8 Å². The van der Waals surface area contributed by atoms with E-state index in [0.717, 1.165) is 0 Å². The highest BCUT2D eigenvalue weighted by Gasteiger charge is 2.26. The molecule has 1 amide bonds. The van der Waals surface area contributed by atoms with Crippen molar-refractivity contribution in [3.05, 3.63) is 0 Å². The molecule has 0 rings (SSSR count). The molecule has 0 saturated carbocycles. The van der Waals surface area contributed by atoms with Gasteiger partial charge in [0, 0.05) is 18.5 Å². The van der Waals surface area contributed by atoms with Crippen LogP contribution in [0.5, 0.6) is 0 Å². The summed E-state index contributed by atoms with van der Waals surface area (Å²) in [6, 6.07) is -0.602. The summed E-state index contributed by atoms with van der Waals surface area (Å²) < 4.78 is 0. The molecular weight excluding hydrogens is 256 g/mol. The van der Waals surface area contributed by atoms with Crippen LogP contribution in [0.3, 0.4) is 0 Å². The molecule has 0 aliphatic rings. The average molecular weight is 286 g/mol. The summed E-state index contributed by atoms with van der Waals surface area (Å²) in [5.74, 6) is -1.08. The zero-order valence-electron chi connectivity index (χ0n) is 13.6. The van der Waals surface area contributed by atoms with Gasteiger partial charge in [-0.1, -0.05) is 41.5 Å². The summed E-state index contributed by atoms with van der Waals surface area (Å²) in [6.07, 6.45) is 0.771. The fourth-order valence-corrected chi connectivity index (χ4v) is 1.92. The van der Waals surface area contributed by atoms with Crippen molar-refractivity contribution >= 4 is 11.9 Å². The van der Waals surface area contributed by atoms with Crippen LogP contribution in [0.2, 0.25) is 0 Å². The lowest BCUT2D eigenvalue weighted by Crippen LogP contribution is -2.44. The van der Waals surface area contributed by atoms with Gasteiger partial charge in [0.05, 0.1) is 6.42 Å². The molecule has 0 heterocycles. The van der Waals surface area contributed by atoms with Crippen LogP contribution in [0.1, 0.15) is 60.8 Å². The Morgan fingerprint density at radius 1 is 1.10 bits per heavy atom. The fraction of sp³-hybridized carbons (Fsp3) is 0.867. The Morgan fingerprint density at radius 3 is 1.95 bits per heavy atom. The smallest absolute Gasteiger partial charge is 0.305 e. The predicted octanol–water partition coefficient (Wildman–Crippen LogP) is 2.15. The van der Waals surface area contributed by atoms with Gasteiger partial charge in [-0.05, 0) is 17.3 Å². The van der Waals surface area contributed by atoms with Crippen molar-refractivity contribution < 1.29 is 14.7 Å². The van der Waals surface area contributed by atoms with Crippen LogP contribution in [0.25, 0.3) is 0 Å². The van der Waals surface area contributed by atoms with Crippen LogP contribution in [-0.2, 0) is 9.59 Å². The van der Waals surface area contributed by atoms with Crippen molar-refractivity contribution in [2.45, 2.75) is 72.9 Å². The Bertz CT molecular complexity index is 340. The van der Waals surface area contributed by atoms with Crippen LogP contribution in [0.15, 0.2) is 0 Å². The van der Waals surface area contributed by atoms with Gasteiger partial charge in [0.2, 0.25) is 5.91 Å². The molecule has 0 bridgehead atoms. The largest absolute Gasteiger partial charge is 0.481 e. The standard InChI is InChI=1S/C15H30N2O3/c1-14(2,3)9-10(7-13(19)20)17-12(18)8-11(16)15(4,5)6/h10-11H,7-9,16H2,1-6H3,(H,17,18)(H,19,20). The maximum atomic E-state index is 12.0. The number of carbonyl (C=O) groups excluding carboxylic acids is 1. The Hall–Kier alpha value is -1.10. The molecule has 4 N–H and O–H groups in total. The summed E-state index contributed by atoms with van der Waals surface area (Å²) in [7, 11) is 0. The zero-order valence-corrected chi connectivity index (χ0v) is 13.6. The number of carboxylic acids is 1. The van der Waals surface area contributed by atoms with Gasteiger partial charge in [-0.15, -0.1) is 0 Å². The van der Waals surface area contributed by atoms with Gasteiger partial charge in [-0.25, -0.2) is 0 Å². The summed E-state index contributed by atoms with van der Waals surface area (Å²) in [6.45, 7) is 12.0. The minimum absolute atomic E-state index is 0.0421. The molecule has 5 heteroatoms. The van der Waals surface area contributed by atoms with E-state index in [0.29, 0.717) is 6.42 Å². The molecule has 0 fully saturated rings. The molecule has 0 aromatic rings. The second-order valence-electron chi connectivity index (χ2n) is 7.80. The van der Waals surface area contributed by atoms with Gasteiger partial charge in [-0.2, -0.15) is 0 Å². The molecule has 0 aliphatic heterocycles. The van der Waals surface area contributed by atoms with Gasteiger partial charge in [-0.3, -0.25) is 9.59 Å². The topological polar surface area (TPSA) is 92.4 Å². The first-order chi connectivity index (χ1) is 8.81. The highest BCUT2D eigenvalue weighted by Crippen LogP contribution is 2.23. The SMILES string of the molecule is CC(C)(C)CC(CC(=O)O)NC(=O)CC(N)C(C)(C)C. The fourth-order valence-electron chi connectivity index (χ4n) is 1.92. The van der Waals surface area contributed by atoms with Gasteiger partial charge in [0.15, 0.2) is 0 Å². The minimum atomic E-state index is -0.903. The minimum Gasteiger partial charge on any atom is -0.481 e. The van der Waals surface area contributed by atoms with Crippen molar-refractivity contribution in [3.8, 4) is 0 Å². The number of nitrogens with one attached hydrogen (secondary N) is 1. The lowest BCUT2D eigenvalue weighted by Gasteiger charge is -2.29. The van der Waals surface area contributed by atoms with Crippen LogP contribution >= 0.6 is 0 Å². The maximum Gasteiger partial charge on any atom is 0.305 e. The molecule has 0 radical (unpaired) electrons. The normalized spacial score (nSPS) is 15.6. The Balaban J connectivity index is 4.57. The first-order valence-corrected chi connectivity index (χ1v) is 7.08. The molecule has 0 aromatic carbocycles. The molecule has 2 atom stereocenters. The van der Waals surface area contributed by atoms with Crippen molar-refractivity contribution in [3.63, 3.8) is 0 Å². The van der Waals surface area contributed by atoms with Crippen LogP contribution in [0.4, 0.5) is 0 Å². The van der Waals surface area contributed by atoms with Crippen LogP contribution < -0.4 is 11.1 Å². The zero-order chi connectivity index (χ0) is 16.1. The summed E-state index contributed by atoms with van der Waals surface area (Å²) in [5.41, 5.74) is 5.79. The Morgan fingerprint density at radius 2 is 1.60 bits per heavy atom. The number of carboxylic acid groups (broad SMARTS) is 1. The van der Waals surface area contributed by atoms with E-state index in [9.17, 15) is 9.59 Å². The van der Waals surface area contributed by atoms with E-state index in [1.807, 2.05) is 41.5 Å². The van der Waals surface area contributed by atoms with Gasteiger partial charge >= 0.3 is 5.97 Å². The van der Waals surface area contributed by atoms with Crippen LogP contribution in [-0.4, -0.2) is 29.1 Å². The van der Waals surface area contributed by atoms with Crippen molar-refractivity contribution in [1.29, 1.82) is 0 Å². The molecular formula is C15H30N2O3. The van der Waals surface area contributed by atoms with Crippen molar-refractivity contribution in [1.82, 2.24) is 5.32 Å². The van der Waals surface area contributed by atoms with Crippen molar-refractivity contribution in [2.24, 2.45) is 16.6 Å². The molecule has 5 nitrogen and oxygen atoms in total. The predicted molar refractivity (Wildman–Crippen MR) is 80.3 cm³/mol. The second-order valence-corrected chi connectivity index (χ2v) is 7.80. The first-order valence-electron chi connectivity index (χ1n) is 7.08. The first kappa shape index (κ1) is 18.9. The molecule has 0 saturated heterocycles. The second kappa shape index (κ2) is 7.07. The number of nitrogens with two attached hydrogens (primary N) is 1. The number of aliphatic carboxylic acids is 1. The number of rotatable bonds is 6. The third-order valence-electron chi connectivity index (χ3n) is 3.16. The Labute approximate surface area is 122 Å². The van der Waals surface area contributed by atoms with Gasteiger partial charge in [0.25, 0.3) is 0 Å². The average Bonchev–Trinajstić information content (AvgIpc) is 2.10. The maximum absolute atomic E-state index is 12.0. The third-order valence-corrected chi connectivity index (χ3v) is 3.16. The van der Waals surface area contributed by atoms with Gasteiger partial charge in [0.1, 0.15) is 0 Å². The third kappa shape index (κ3) is 8.91. The van der Waals surface area contributed by atoms with E-state index >= 15 is 0 Å².